The van der Waals surface area contributed by atoms with Crippen molar-refractivity contribution >= 4 is 51.2 Å². The molecule has 2 rings (SSSR count). The fourth-order valence-corrected chi connectivity index (χ4v) is 2.32. The van der Waals surface area contributed by atoms with Gasteiger partial charge in [0.25, 0.3) is 0 Å². The molecule has 0 unspecified atom stereocenters. The van der Waals surface area contributed by atoms with E-state index in [2.05, 4.69) is 37.7 Å². The molecule has 0 aliphatic rings. The Balaban J connectivity index is 2.97. The summed E-state index contributed by atoms with van der Waals surface area (Å²) in [4.78, 5) is 7.88. The molecule has 0 atom stereocenters. The van der Waals surface area contributed by atoms with Gasteiger partial charge in [0.2, 0.25) is 5.95 Å². The fourth-order valence-electron chi connectivity index (χ4n) is 1.08. The quantitative estimate of drug-likeness (QED) is 0.586. The lowest BCUT2D eigenvalue weighted by atomic mass is 10.4. The second-order valence-corrected chi connectivity index (χ2v) is 3.87. The molecule has 0 bridgehead atoms. The van der Waals surface area contributed by atoms with E-state index in [0.29, 0.717) is 10.8 Å². The van der Waals surface area contributed by atoms with Gasteiger partial charge in [0, 0.05) is 7.05 Å². The molecule has 0 spiro atoms. The van der Waals surface area contributed by atoms with Crippen molar-refractivity contribution in [1.29, 1.82) is 0 Å². The van der Waals surface area contributed by atoms with Crippen molar-refractivity contribution in [3.8, 4) is 0 Å². The average Bonchev–Trinajstić information content (AvgIpc) is 2.27. The van der Waals surface area contributed by atoms with Gasteiger partial charge in [0.05, 0.1) is 5.39 Å². The summed E-state index contributed by atoms with van der Waals surface area (Å²) < 4.78 is 2.40. The van der Waals surface area contributed by atoms with Crippen LogP contribution in [0.3, 0.4) is 0 Å². The van der Waals surface area contributed by atoms with Crippen LogP contribution in [-0.4, -0.2) is 19.7 Å². The van der Waals surface area contributed by atoms with Crippen LogP contribution in [-0.2, 0) is 7.05 Å². The van der Waals surface area contributed by atoms with E-state index in [4.69, 9.17) is 17.3 Å². The number of aromatic nitrogens is 4. The molecule has 0 aromatic carbocycles. The lowest BCUT2D eigenvalue weighted by Gasteiger charge is -1.96. The Morgan fingerprint density at radius 1 is 1.46 bits per heavy atom. The summed E-state index contributed by atoms with van der Waals surface area (Å²) in [5.74, 6) is 0.164. The van der Waals surface area contributed by atoms with E-state index in [1.807, 2.05) is 0 Å². The summed E-state index contributed by atoms with van der Waals surface area (Å²) in [6.45, 7) is 0. The molecule has 2 heterocycles. The molecule has 0 fully saturated rings. The van der Waals surface area contributed by atoms with E-state index in [1.165, 1.54) is 0 Å². The molecule has 0 radical (unpaired) electrons. The summed E-state index contributed by atoms with van der Waals surface area (Å²) in [5.41, 5.74) is 6.11. The van der Waals surface area contributed by atoms with Crippen LogP contribution in [0.25, 0.3) is 11.0 Å². The lowest BCUT2D eigenvalue weighted by Crippen LogP contribution is -1.98. The summed E-state index contributed by atoms with van der Waals surface area (Å²) in [7, 11) is 1.78. The van der Waals surface area contributed by atoms with Gasteiger partial charge in [-0.2, -0.15) is 10.1 Å². The Kier molecular flexibility index (Phi) is 2.03. The third-order valence-electron chi connectivity index (χ3n) is 1.61. The maximum absolute atomic E-state index is 5.89. The van der Waals surface area contributed by atoms with Gasteiger partial charge < -0.3 is 5.73 Å². The number of anilines is 1. The van der Waals surface area contributed by atoms with E-state index >= 15 is 0 Å². The minimum absolute atomic E-state index is 0.164. The van der Waals surface area contributed by atoms with E-state index < -0.39 is 0 Å². The lowest BCUT2D eigenvalue weighted by molar-refractivity contribution is 0.777. The summed E-state index contributed by atoms with van der Waals surface area (Å²) in [6, 6.07) is 0. The Morgan fingerprint density at radius 2 is 2.15 bits per heavy atom. The van der Waals surface area contributed by atoms with Gasteiger partial charge in [0.15, 0.2) is 5.65 Å². The van der Waals surface area contributed by atoms with Crippen LogP contribution in [0.5, 0.6) is 0 Å². The topological polar surface area (TPSA) is 69.6 Å². The first kappa shape index (κ1) is 8.95. The molecule has 68 valence electrons. The maximum atomic E-state index is 5.89. The molecule has 2 aromatic rings. The van der Waals surface area contributed by atoms with E-state index in [1.54, 1.807) is 11.7 Å². The highest BCUT2D eigenvalue weighted by molar-refractivity contribution is 14.1. The average molecular weight is 309 g/mol. The molecule has 2 N–H and O–H groups in total. The summed E-state index contributed by atoms with van der Waals surface area (Å²) in [5, 5.41) is 5.25. The number of halogens is 2. The van der Waals surface area contributed by atoms with Crippen LogP contribution in [0.2, 0.25) is 5.15 Å². The first-order valence-electron chi connectivity index (χ1n) is 3.41. The maximum Gasteiger partial charge on any atom is 0.223 e. The molecule has 0 saturated heterocycles. The van der Waals surface area contributed by atoms with Crippen molar-refractivity contribution < 1.29 is 0 Å². The van der Waals surface area contributed by atoms with E-state index in [0.717, 1.165) is 9.09 Å². The van der Waals surface area contributed by atoms with Crippen LogP contribution in [0.4, 0.5) is 5.95 Å². The molecular formula is C6H5ClIN5. The summed E-state index contributed by atoms with van der Waals surface area (Å²) in [6.07, 6.45) is 0. The highest BCUT2D eigenvalue weighted by Gasteiger charge is 2.12. The number of hydrogen-bond donors (Lipinski definition) is 1. The number of fused-ring (bicyclic) bond motifs is 1. The van der Waals surface area contributed by atoms with Gasteiger partial charge >= 0.3 is 0 Å². The minimum atomic E-state index is 0.164. The van der Waals surface area contributed by atoms with Gasteiger partial charge in [-0.15, -0.1) is 0 Å². The van der Waals surface area contributed by atoms with Crippen molar-refractivity contribution in [2.45, 2.75) is 0 Å². The summed E-state index contributed by atoms with van der Waals surface area (Å²) >= 11 is 7.97. The zero-order valence-corrected chi connectivity index (χ0v) is 9.54. The van der Waals surface area contributed by atoms with Gasteiger partial charge in [-0.3, -0.25) is 0 Å². The molecule has 0 aliphatic carbocycles. The number of nitrogens with two attached hydrogens (primary N) is 1. The molecule has 2 aromatic heterocycles. The van der Waals surface area contributed by atoms with Crippen molar-refractivity contribution in [2.75, 3.05) is 5.73 Å². The highest BCUT2D eigenvalue weighted by Crippen LogP contribution is 2.24. The van der Waals surface area contributed by atoms with E-state index in [-0.39, 0.29) is 5.95 Å². The standard InChI is InChI=1S/C6H5ClIN5/c1-13-5-2(4(8)12-13)3(7)10-6(9)11-5/h1H3,(H2,9,10,11). The SMILES string of the molecule is Cn1nc(I)c2c(Cl)nc(N)nc21. The number of hydrogen-bond acceptors (Lipinski definition) is 4. The zero-order valence-electron chi connectivity index (χ0n) is 6.62. The van der Waals surface area contributed by atoms with Gasteiger partial charge in [-0.1, -0.05) is 11.6 Å². The Bertz CT molecular complexity index is 479. The highest BCUT2D eigenvalue weighted by atomic mass is 127. The van der Waals surface area contributed by atoms with Crippen molar-refractivity contribution in [3.63, 3.8) is 0 Å². The zero-order chi connectivity index (χ0) is 9.59. The molecule has 0 saturated carbocycles. The van der Waals surface area contributed by atoms with Crippen LogP contribution in [0, 0.1) is 3.70 Å². The smallest absolute Gasteiger partial charge is 0.223 e. The largest absolute Gasteiger partial charge is 0.368 e. The molecule has 7 heteroatoms. The predicted octanol–water partition coefficient (Wildman–Crippen LogP) is 1.20. The molecule has 5 nitrogen and oxygen atoms in total. The van der Waals surface area contributed by atoms with E-state index in [9.17, 15) is 0 Å². The van der Waals surface area contributed by atoms with Crippen LogP contribution in [0.1, 0.15) is 0 Å². The van der Waals surface area contributed by atoms with Crippen molar-refractivity contribution in [3.05, 3.63) is 8.85 Å². The third-order valence-corrected chi connectivity index (χ3v) is 2.64. The van der Waals surface area contributed by atoms with Crippen LogP contribution < -0.4 is 5.73 Å². The monoisotopic (exact) mass is 309 g/mol. The number of rotatable bonds is 0. The van der Waals surface area contributed by atoms with Crippen LogP contribution >= 0.6 is 34.2 Å². The van der Waals surface area contributed by atoms with Crippen molar-refractivity contribution in [2.24, 2.45) is 7.05 Å². The van der Waals surface area contributed by atoms with Gasteiger partial charge in [0.1, 0.15) is 8.85 Å². The molecule has 13 heavy (non-hydrogen) atoms. The molecule has 0 amide bonds. The predicted molar refractivity (Wildman–Crippen MR) is 58.4 cm³/mol. The molecular weight excluding hydrogens is 304 g/mol. The van der Waals surface area contributed by atoms with Gasteiger partial charge in [-0.05, 0) is 22.6 Å². The third kappa shape index (κ3) is 1.33. The second kappa shape index (κ2) is 2.95. The van der Waals surface area contributed by atoms with Gasteiger partial charge in [-0.25, -0.2) is 9.67 Å². The number of nitrogens with zero attached hydrogens (tertiary/aromatic N) is 4. The first-order valence-corrected chi connectivity index (χ1v) is 4.86. The first-order chi connectivity index (χ1) is 6.09. The number of nitrogen functional groups attached to an aromatic ring is 1. The van der Waals surface area contributed by atoms with Crippen LogP contribution in [0.15, 0.2) is 0 Å². The fraction of sp³-hybridized carbons (Fsp3) is 0.167. The number of aryl methyl sites for hydroxylation is 1. The Labute approximate surface area is 92.4 Å². The molecule has 0 aliphatic heterocycles. The normalized spacial score (nSPS) is 11.0. The Morgan fingerprint density at radius 3 is 2.85 bits per heavy atom. The second-order valence-electron chi connectivity index (χ2n) is 2.49. The Hall–Kier alpha value is -0.630. The van der Waals surface area contributed by atoms with Crippen molar-refractivity contribution in [1.82, 2.24) is 19.7 Å². The minimum Gasteiger partial charge on any atom is -0.368 e.